The Kier molecular flexibility index (Phi) is 7.07. The highest BCUT2D eigenvalue weighted by molar-refractivity contribution is 9.10. The Morgan fingerprint density at radius 2 is 2.00 bits per heavy atom. The lowest BCUT2D eigenvalue weighted by Gasteiger charge is -2.09. The van der Waals surface area contributed by atoms with Gasteiger partial charge in [0.25, 0.3) is 5.91 Å². The van der Waals surface area contributed by atoms with Crippen LogP contribution in [0, 0.1) is 17.0 Å². The minimum atomic E-state index is -0.544. The van der Waals surface area contributed by atoms with Crippen LogP contribution in [0.1, 0.15) is 21.6 Å². The van der Waals surface area contributed by atoms with Crippen LogP contribution >= 0.6 is 27.5 Å². The molecule has 10 heteroatoms. The van der Waals surface area contributed by atoms with Crippen molar-refractivity contribution in [2.24, 2.45) is 0 Å². The van der Waals surface area contributed by atoms with E-state index in [0.29, 0.717) is 41.7 Å². The maximum Gasteiger partial charge on any atom is 0.390 e. The van der Waals surface area contributed by atoms with Gasteiger partial charge in [0.05, 0.1) is 28.4 Å². The van der Waals surface area contributed by atoms with Crippen molar-refractivity contribution in [1.82, 2.24) is 15.1 Å². The molecule has 0 saturated heterocycles. The van der Waals surface area contributed by atoms with E-state index in [1.54, 1.807) is 31.2 Å². The molecule has 30 heavy (non-hydrogen) atoms. The molecule has 3 rings (SSSR count). The Morgan fingerprint density at radius 1 is 1.27 bits per heavy atom. The molecule has 0 bridgehead atoms. The summed E-state index contributed by atoms with van der Waals surface area (Å²) < 4.78 is 8.07. The maximum atomic E-state index is 12.3. The van der Waals surface area contributed by atoms with E-state index in [9.17, 15) is 14.9 Å². The molecule has 2 aromatic carbocycles. The molecule has 0 saturated carbocycles. The zero-order chi connectivity index (χ0) is 21.7. The van der Waals surface area contributed by atoms with Gasteiger partial charge in [-0.25, -0.2) is 0 Å². The number of aromatic nitrogens is 2. The van der Waals surface area contributed by atoms with Gasteiger partial charge in [-0.1, -0.05) is 39.7 Å². The summed E-state index contributed by atoms with van der Waals surface area (Å²) >= 11 is 9.48. The number of ether oxygens (including phenoxy) is 1. The van der Waals surface area contributed by atoms with Gasteiger partial charge < -0.3 is 20.2 Å². The standard InChI is InChI=1S/C20H18BrClN4O4/c1-13-10-19(26(28)29)24-25(13)9-8-23-20(27)15-4-2-14(3-5-15)12-30-18-7-6-16(21)11-17(18)22/h2-7,10-11H,8-9,12H2,1H3,(H,23,27). The lowest BCUT2D eigenvalue weighted by Crippen LogP contribution is -2.27. The van der Waals surface area contributed by atoms with E-state index < -0.39 is 4.92 Å². The van der Waals surface area contributed by atoms with Crippen molar-refractivity contribution in [2.75, 3.05) is 6.54 Å². The SMILES string of the molecule is Cc1cc([N+](=O)[O-])nn1CCNC(=O)c1ccc(COc2ccc(Br)cc2Cl)cc1. The molecule has 1 heterocycles. The number of benzene rings is 2. The van der Waals surface area contributed by atoms with Crippen LogP contribution in [0.3, 0.4) is 0 Å². The zero-order valence-electron chi connectivity index (χ0n) is 16.0. The topological polar surface area (TPSA) is 99.3 Å². The smallest absolute Gasteiger partial charge is 0.390 e. The van der Waals surface area contributed by atoms with Gasteiger partial charge in [-0.05, 0) is 47.7 Å². The predicted octanol–water partition coefficient (Wildman–Crippen LogP) is 4.52. The quantitative estimate of drug-likeness (QED) is 0.367. The van der Waals surface area contributed by atoms with Crippen LogP contribution in [0.2, 0.25) is 5.02 Å². The molecule has 1 amide bonds. The number of halogens is 2. The Bertz CT molecular complexity index is 1070. The van der Waals surface area contributed by atoms with E-state index in [1.165, 1.54) is 10.7 Å². The summed E-state index contributed by atoms with van der Waals surface area (Å²) in [4.78, 5) is 22.5. The Morgan fingerprint density at radius 3 is 2.63 bits per heavy atom. The molecule has 0 unspecified atom stereocenters. The minimum Gasteiger partial charge on any atom is -0.487 e. The number of nitrogens with one attached hydrogen (secondary N) is 1. The van der Waals surface area contributed by atoms with Crippen molar-refractivity contribution in [2.45, 2.75) is 20.1 Å². The van der Waals surface area contributed by atoms with Gasteiger partial charge in [0, 0.05) is 16.6 Å². The average Bonchev–Trinajstić information content (AvgIpc) is 3.09. The summed E-state index contributed by atoms with van der Waals surface area (Å²) in [5.41, 5.74) is 2.06. The molecule has 0 fully saturated rings. The van der Waals surface area contributed by atoms with E-state index in [2.05, 4.69) is 26.3 Å². The third-order valence-corrected chi connectivity index (χ3v) is 5.06. The van der Waals surface area contributed by atoms with Gasteiger partial charge in [-0.3, -0.25) is 4.79 Å². The number of rotatable bonds is 8. The molecule has 0 aliphatic heterocycles. The highest BCUT2D eigenvalue weighted by Crippen LogP contribution is 2.28. The van der Waals surface area contributed by atoms with Crippen molar-refractivity contribution < 1.29 is 14.5 Å². The molecule has 1 N–H and O–H groups in total. The Labute approximate surface area is 186 Å². The van der Waals surface area contributed by atoms with E-state index in [-0.39, 0.29) is 11.7 Å². The summed E-state index contributed by atoms with van der Waals surface area (Å²) in [7, 11) is 0. The van der Waals surface area contributed by atoms with Crippen LogP contribution in [-0.2, 0) is 13.2 Å². The number of hydrogen-bond acceptors (Lipinski definition) is 5. The average molecular weight is 494 g/mol. The van der Waals surface area contributed by atoms with Crippen molar-refractivity contribution in [3.8, 4) is 5.75 Å². The summed E-state index contributed by atoms with van der Waals surface area (Å²) in [5.74, 6) is 0.134. The second kappa shape index (κ2) is 9.73. The van der Waals surface area contributed by atoms with Gasteiger partial charge in [-0.2, -0.15) is 4.68 Å². The molecule has 0 aliphatic carbocycles. The first-order valence-corrected chi connectivity index (χ1v) is 10.1. The van der Waals surface area contributed by atoms with Crippen LogP contribution in [0.15, 0.2) is 53.0 Å². The molecule has 156 valence electrons. The molecule has 3 aromatic rings. The number of hydrogen-bond donors (Lipinski definition) is 1. The first-order chi connectivity index (χ1) is 14.3. The minimum absolute atomic E-state index is 0.207. The number of amides is 1. The zero-order valence-corrected chi connectivity index (χ0v) is 18.3. The van der Waals surface area contributed by atoms with E-state index in [0.717, 1.165) is 10.0 Å². The first-order valence-electron chi connectivity index (χ1n) is 8.97. The monoisotopic (exact) mass is 492 g/mol. The highest BCUT2D eigenvalue weighted by Gasteiger charge is 2.15. The summed E-state index contributed by atoms with van der Waals surface area (Å²) in [6, 6.07) is 13.8. The third kappa shape index (κ3) is 5.58. The normalized spacial score (nSPS) is 10.6. The van der Waals surface area contributed by atoms with Crippen LogP contribution in [0.5, 0.6) is 5.75 Å². The number of carbonyl (C=O) groups excluding carboxylic acids is 1. The van der Waals surface area contributed by atoms with E-state index >= 15 is 0 Å². The molecular weight excluding hydrogens is 476 g/mol. The molecule has 0 radical (unpaired) electrons. The van der Waals surface area contributed by atoms with Crippen molar-refractivity contribution >= 4 is 39.3 Å². The predicted molar refractivity (Wildman–Crippen MR) is 116 cm³/mol. The van der Waals surface area contributed by atoms with Crippen LogP contribution < -0.4 is 10.1 Å². The third-order valence-electron chi connectivity index (χ3n) is 4.27. The van der Waals surface area contributed by atoms with Gasteiger partial charge in [0.2, 0.25) is 0 Å². The highest BCUT2D eigenvalue weighted by atomic mass is 79.9. The lowest BCUT2D eigenvalue weighted by molar-refractivity contribution is -0.389. The molecule has 0 spiro atoms. The van der Waals surface area contributed by atoms with Crippen LogP contribution in [0.4, 0.5) is 5.82 Å². The number of nitrogens with zero attached hydrogens (tertiary/aromatic N) is 3. The van der Waals surface area contributed by atoms with Gasteiger partial charge >= 0.3 is 5.82 Å². The maximum absolute atomic E-state index is 12.3. The van der Waals surface area contributed by atoms with Gasteiger partial charge in [0.15, 0.2) is 0 Å². The van der Waals surface area contributed by atoms with E-state index in [1.807, 2.05) is 18.2 Å². The Hall–Kier alpha value is -2.91. The second-order valence-corrected chi connectivity index (χ2v) is 7.76. The fourth-order valence-corrected chi connectivity index (χ4v) is 3.42. The number of aryl methyl sites for hydroxylation is 1. The van der Waals surface area contributed by atoms with Crippen molar-refractivity contribution in [3.63, 3.8) is 0 Å². The summed E-state index contributed by atoms with van der Waals surface area (Å²) in [6.07, 6.45) is 0. The van der Waals surface area contributed by atoms with Crippen LogP contribution in [-0.4, -0.2) is 27.2 Å². The second-order valence-electron chi connectivity index (χ2n) is 6.44. The molecule has 0 aliphatic rings. The molecule has 0 atom stereocenters. The fourth-order valence-electron chi connectivity index (χ4n) is 2.69. The summed E-state index contributed by atoms with van der Waals surface area (Å²) in [6.45, 7) is 2.68. The molecular formula is C20H18BrClN4O4. The van der Waals surface area contributed by atoms with Gasteiger partial charge in [0.1, 0.15) is 12.4 Å². The van der Waals surface area contributed by atoms with E-state index in [4.69, 9.17) is 16.3 Å². The Balaban J connectivity index is 1.50. The summed E-state index contributed by atoms with van der Waals surface area (Å²) in [5, 5.41) is 17.9. The lowest BCUT2D eigenvalue weighted by atomic mass is 10.1. The fraction of sp³-hybridized carbons (Fsp3) is 0.200. The van der Waals surface area contributed by atoms with Crippen molar-refractivity contribution in [1.29, 1.82) is 0 Å². The van der Waals surface area contributed by atoms with Crippen molar-refractivity contribution in [3.05, 3.63) is 85.0 Å². The molecule has 1 aromatic heterocycles. The first kappa shape index (κ1) is 21.8. The molecule has 8 nitrogen and oxygen atoms in total. The van der Waals surface area contributed by atoms with Gasteiger partial charge in [-0.15, -0.1) is 0 Å². The largest absolute Gasteiger partial charge is 0.487 e. The van der Waals surface area contributed by atoms with Crippen LogP contribution in [0.25, 0.3) is 0 Å². The number of nitro groups is 1. The number of carbonyl (C=O) groups is 1.